The van der Waals surface area contributed by atoms with E-state index in [1.165, 1.54) is 26.0 Å². The molecule has 0 bridgehead atoms. The summed E-state index contributed by atoms with van der Waals surface area (Å²) in [5.74, 6) is -0.587. The van der Waals surface area contributed by atoms with Crippen molar-refractivity contribution in [3.63, 3.8) is 0 Å². The molecular formula is C26H25F3N2O4S. The van der Waals surface area contributed by atoms with E-state index >= 15 is 0 Å². The molecule has 0 radical (unpaired) electrons. The number of urea groups is 1. The Bertz CT molecular complexity index is 1210. The number of hydrogen-bond donors (Lipinski definition) is 3. The van der Waals surface area contributed by atoms with Gasteiger partial charge in [0, 0.05) is 5.69 Å². The van der Waals surface area contributed by atoms with E-state index < -0.39 is 29.3 Å². The van der Waals surface area contributed by atoms with Gasteiger partial charge in [0.1, 0.15) is 5.75 Å². The number of carboxylic acids is 1. The average molecular weight is 519 g/mol. The van der Waals surface area contributed by atoms with E-state index in [-0.39, 0.29) is 5.69 Å². The molecule has 2 amide bonds. The zero-order valence-electron chi connectivity index (χ0n) is 19.5. The van der Waals surface area contributed by atoms with Crippen LogP contribution in [0.5, 0.6) is 5.75 Å². The highest BCUT2D eigenvalue weighted by Gasteiger charge is 2.31. The summed E-state index contributed by atoms with van der Waals surface area (Å²) in [6.45, 7) is 2.96. The van der Waals surface area contributed by atoms with E-state index in [0.717, 1.165) is 34.0 Å². The van der Waals surface area contributed by atoms with Gasteiger partial charge in [0.25, 0.3) is 0 Å². The van der Waals surface area contributed by atoms with E-state index in [1.807, 2.05) is 24.3 Å². The molecule has 0 atom stereocenters. The summed E-state index contributed by atoms with van der Waals surface area (Å²) in [6.07, 6.45) is -3.07. The Morgan fingerprint density at radius 2 is 1.50 bits per heavy atom. The number of alkyl halides is 3. The van der Waals surface area contributed by atoms with Gasteiger partial charge < -0.3 is 15.2 Å². The largest absolute Gasteiger partial charge is 0.478 e. The number of halogens is 3. The molecule has 0 fully saturated rings. The Labute approximate surface area is 212 Å². The standard InChI is InChI=1S/C26H25F3N2O4S/c1-25(2,23(32)33)35-22-14-10-18(11-15-22)7-6-17-8-12-21(13-9-17)31(36)24(34)30-20-5-3-4-19(16-20)26(27,28)29/h3-5,8-16,36H,6-7H2,1-2H3,(H,30,34)(H,32,33). The lowest BCUT2D eigenvalue weighted by Crippen LogP contribution is -2.37. The first-order valence-electron chi connectivity index (χ1n) is 10.9. The molecule has 0 aliphatic carbocycles. The number of anilines is 2. The zero-order chi connectivity index (χ0) is 26.5. The quantitative estimate of drug-likeness (QED) is 0.293. The fraction of sp³-hybridized carbons (Fsp3) is 0.231. The summed E-state index contributed by atoms with van der Waals surface area (Å²) in [5.41, 5.74) is 0.319. The van der Waals surface area contributed by atoms with E-state index in [9.17, 15) is 22.8 Å². The molecule has 0 spiro atoms. The molecular weight excluding hydrogens is 493 g/mol. The summed E-state index contributed by atoms with van der Waals surface area (Å²) in [5, 5.41) is 11.6. The molecule has 190 valence electrons. The minimum absolute atomic E-state index is 0.00781. The number of benzene rings is 3. The third-order valence-corrected chi connectivity index (χ3v) is 5.74. The van der Waals surface area contributed by atoms with Crippen molar-refractivity contribution in [2.45, 2.75) is 38.5 Å². The monoisotopic (exact) mass is 518 g/mol. The Balaban J connectivity index is 1.55. The van der Waals surface area contributed by atoms with Crippen molar-refractivity contribution in [2.75, 3.05) is 9.62 Å². The number of amides is 2. The predicted octanol–water partition coefficient (Wildman–Crippen LogP) is 6.62. The molecule has 6 nitrogen and oxygen atoms in total. The highest BCUT2D eigenvalue weighted by molar-refractivity contribution is 7.82. The number of nitrogens with one attached hydrogen (secondary N) is 1. The Kier molecular flexibility index (Phi) is 8.19. The maximum Gasteiger partial charge on any atom is 0.416 e. The van der Waals surface area contributed by atoms with Crippen LogP contribution in [-0.4, -0.2) is 22.7 Å². The van der Waals surface area contributed by atoms with E-state index in [4.69, 9.17) is 9.84 Å². The molecule has 0 saturated heterocycles. The SMILES string of the molecule is CC(C)(Oc1ccc(CCc2ccc(N(S)C(=O)Nc3cccc(C(F)(F)F)c3)cc2)cc1)C(=O)O. The lowest BCUT2D eigenvalue weighted by atomic mass is 10.0. The second kappa shape index (κ2) is 10.9. The highest BCUT2D eigenvalue weighted by Crippen LogP contribution is 2.31. The van der Waals surface area contributed by atoms with Crippen LogP contribution < -0.4 is 14.4 Å². The molecule has 3 rings (SSSR count). The Morgan fingerprint density at radius 1 is 0.944 bits per heavy atom. The second-order valence-electron chi connectivity index (χ2n) is 8.55. The topological polar surface area (TPSA) is 78.9 Å². The zero-order valence-corrected chi connectivity index (χ0v) is 20.4. The Hall–Kier alpha value is -3.66. The first-order chi connectivity index (χ1) is 16.8. The molecule has 36 heavy (non-hydrogen) atoms. The second-order valence-corrected chi connectivity index (χ2v) is 8.95. The van der Waals surface area contributed by atoms with Gasteiger partial charge in [-0.2, -0.15) is 13.2 Å². The first-order valence-corrected chi connectivity index (χ1v) is 11.3. The van der Waals surface area contributed by atoms with Gasteiger partial charge >= 0.3 is 18.2 Å². The van der Waals surface area contributed by atoms with Crippen molar-refractivity contribution in [3.8, 4) is 5.75 Å². The minimum Gasteiger partial charge on any atom is -0.478 e. The van der Waals surface area contributed by atoms with Crippen molar-refractivity contribution in [1.82, 2.24) is 0 Å². The third-order valence-electron chi connectivity index (χ3n) is 5.33. The van der Waals surface area contributed by atoms with Gasteiger partial charge in [-0.25, -0.2) is 13.9 Å². The van der Waals surface area contributed by atoms with Gasteiger partial charge in [0.15, 0.2) is 5.60 Å². The van der Waals surface area contributed by atoms with Crippen LogP contribution in [-0.2, 0) is 23.8 Å². The van der Waals surface area contributed by atoms with Crippen molar-refractivity contribution in [1.29, 1.82) is 0 Å². The van der Waals surface area contributed by atoms with Gasteiger partial charge in [-0.05, 0) is 80.3 Å². The maximum atomic E-state index is 12.9. The highest BCUT2D eigenvalue weighted by atomic mass is 32.1. The van der Waals surface area contributed by atoms with Gasteiger partial charge in [-0.15, -0.1) is 0 Å². The number of carbonyl (C=O) groups is 2. The molecule has 0 aliphatic heterocycles. The number of hydrogen-bond acceptors (Lipinski definition) is 4. The Morgan fingerprint density at radius 3 is 2.03 bits per heavy atom. The number of aryl methyl sites for hydroxylation is 2. The molecule has 3 aromatic rings. The van der Waals surface area contributed by atoms with Gasteiger partial charge in [0.05, 0.1) is 11.3 Å². The summed E-state index contributed by atoms with van der Waals surface area (Å²) in [7, 11) is 0. The van der Waals surface area contributed by atoms with Crippen LogP contribution in [0.25, 0.3) is 0 Å². The van der Waals surface area contributed by atoms with Crippen LogP contribution in [0.2, 0.25) is 0 Å². The summed E-state index contributed by atoms with van der Waals surface area (Å²) in [6, 6.07) is 17.9. The summed E-state index contributed by atoms with van der Waals surface area (Å²) in [4.78, 5) is 23.6. The fourth-order valence-electron chi connectivity index (χ4n) is 3.22. The number of aliphatic carboxylic acids is 1. The van der Waals surface area contributed by atoms with Crippen LogP contribution in [0.15, 0.2) is 72.8 Å². The minimum atomic E-state index is -4.51. The van der Waals surface area contributed by atoms with Crippen LogP contribution >= 0.6 is 12.8 Å². The molecule has 3 aromatic carbocycles. The number of nitrogens with zero attached hydrogens (tertiary/aromatic N) is 1. The van der Waals surface area contributed by atoms with Crippen LogP contribution in [0.3, 0.4) is 0 Å². The number of thiol groups is 1. The van der Waals surface area contributed by atoms with Crippen LogP contribution in [0, 0.1) is 0 Å². The maximum absolute atomic E-state index is 12.9. The lowest BCUT2D eigenvalue weighted by Gasteiger charge is -2.21. The number of carbonyl (C=O) groups excluding carboxylic acids is 1. The molecule has 0 saturated carbocycles. The van der Waals surface area contributed by atoms with Crippen molar-refractivity contribution in [3.05, 3.63) is 89.5 Å². The van der Waals surface area contributed by atoms with Crippen molar-refractivity contribution in [2.24, 2.45) is 0 Å². The van der Waals surface area contributed by atoms with Gasteiger partial charge in [-0.3, -0.25) is 0 Å². The molecule has 10 heteroatoms. The number of carboxylic acid groups (broad SMARTS) is 1. The molecule has 0 aromatic heterocycles. The van der Waals surface area contributed by atoms with E-state index in [2.05, 4.69) is 18.1 Å². The smallest absolute Gasteiger partial charge is 0.416 e. The van der Waals surface area contributed by atoms with Crippen LogP contribution in [0.4, 0.5) is 29.3 Å². The van der Waals surface area contributed by atoms with E-state index in [0.29, 0.717) is 17.9 Å². The summed E-state index contributed by atoms with van der Waals surface area (Å²) < 4.78 is 45.1. The molecule has 0 heterocycles. The molecule has 0 aliphatic rings. The van der Waals surface area contributed by atoms with Gasteiger partial charge in [-0.1, -0.05) is 43.1 Å². The normalized spacial score (nSPS) is 11.6. The lowest BCUT2D eigenvalue weighted by molar-refractivity contribution is -0.152. The molecule has 0 unspecified atom stereocenters. The van der Waals surface area contributed by atoms with Crippen molar-refractivity contribution >= 4 is 36.2 Å². The number of ether oxygens (including phenoxy) is 1. The first kappa shape index (κ1) is 26.9. The summed E-state index contributed by atoms with van der Waals surface area (Å²) >= 11 is 4.17. The predicted molar refractivity (Wildman–Crippen MR) is 135 cm³/mol. The van der Waals surface area contributed by atoms with E-state index in [1.54, 1.807) is 24.3 Å². The molecule has 2 N–H and O–H groups in total. The van der Waals surface area contributed by atoms with Crippen LogP contribution in [0.1, 0.15) is 30.5 Å². The number of rotatable bonds is 8. The van der Waals surface area contributed by atoms with Crippen molar-refractivity contribution < 1.29 is 32.6 Å². The third kappa shape index (κ3) is 7.17. The average Bonchev–Trinajstić information content (AvgIpc) is 2.83. The van der Waals surface area contributed by atoms with Gasteiger partial charge in [0.2, 0.25) is 0 Å². The fourth-order valence-corrected chi connectivity index (χ4v) is 3.41.